The van der Waals surface area contributed by atoms with E-state index in [1.165, 1.54) is 0 Å². The van der Waals surface area contributed by atoms with Crippen LogP contribution in [0.25, 0.3) is 0 Å². The van der Waals surface area contributed by atoms with Crippen molar-refractivity contribution >= 4 is 5.91 Å². The Bertz CT molecular complexity index is 1060. The third-order valence-electron chi connectivity index (χ3n) is 6.60. The number of hydrogen-bond donors (Lipinski definition) is 1. The van der Waals surface area contributed by atoms with E-state index < -0.39 is 17.6 Å². The van der Waals surface area contributed by atoms with Gasteiger partial charge in [0.1, 0.15) is 5.82 Å². The molecule has 2 aromatic rings. The van der Waals surface area contributed by atoms with Crippen molar-refractivity contribution in [2.45, 2.75) is 44.6 Å². The molecule has 2 heterocycles. The van der Waals surface area contributed by atoms with Gasteiger partial charge in [-0.1, -0.05) is 6.08 Å². The molecule has 184 valence electrons. The second-order valence-corrected chi connectivity index (χ2v) is 8.96. The van der Waals surface area contributed by atoms with Gasteiger partial charge in [0.15, 0.2) is 5.69 Å². The molecule has 1 saturated heterocycles. The number of piperazine rings is 1. The molecule has 1 aliphatic heterocycles. The Labute approximate surface area is 196 Å². The highest BCUT2D eigenvalue weighted by molar-refractivity contribution is 5.94. The maximum Gasteiger partial charge on any atom is 0.416 e. The summed E-state index contributed by atoms with van der Waals surface area (Å²) in [7, 11) is 2.02. The van der Waals surface area contributed by atoms with E-state index in [0.717, 1.165) is 42.5 Å². The van der Waals surface area contributed by atoms with E-state index in [9.17, 15) is 22.4 Å². The third kappa shape index (κ3) is 5.17. The maximum absolute atomic E-state index is 14.2. The predicted octanol–water partition coefficient (Wildman–Crippen LogP) is 3.26. The molecule has 4 rings (SSSR count). The van der Waals surface area contributed by atoms with Crippen molar-refractivity contribution in [2.24, 2.45) is 0 Å². The first-order chi connectivity index (χ1) is 16.2. The van der Waals surface area contributed by atoms with Crippen LogP contribution in [0.5, 0.6) is 0 Å². The minimum atomic E-state index is -4.53. The summed E-state index contributed by atoms with van der Waals surface area (Å²) >= 11 is 0. The molecule has 1 aromatic carbocycles. The summed E-state index contributed by atoms with van der Waals surface area (Å²) in [5.41, 5.74) is 1.37. The minimum absolute atomic E-state index is 0.0295. The highest BCUT2D eigenvalue weighted by atomic mass is 19.4. The van der Waals surface area contributed by atoms with Crippen LogP contribution in [0.4, 0.5) is 17.6 Å². The summed E-state index contributed by atoms with van der Waals surface area (Å²) in [5.74, 6) is -0.779. The summed E-state index contributed by atoms with van der Waals surface area (Å²) < 4.78 is 55.0. The topological polar surface area (TPSA) is 53.4 Å². The van der Waals surface area contributed by atoms with Crippen LogP contribution in [0, 0.1) is 5.82 Å². The molecule has 6 nitrogen and oxygen atoms in total. The zero-order valence-electron chi connectivity index (χ0n) is 19.2. The number of aromatic nitrogens is 2. The van der Waals surface area contributed by atoms with Crippen molar-refractivity contribution in [1.29, 1.82) is 0 Å². The molecule has 1 unspecified atom stereocenters. The van der Waals surface area contributed by atoms with Crippen LogP contribution in [0.15, 0.2) is 30.9 Å². The van der Waals surface area contributed by atoms with E-state index in [4.69, 9.17) is 0 Å². The lowest BCUT2D eigenvalue weighted by atomic mass is 9.90. The van der Waals surface area contributed by atoms with Crippen LogP contribution in [-0.2, 0) is 32.1 Å². The molecule has 1 fully saturated rings. The molecule has 10 heteroatoms. The summed E-state index contributed by atoms with van der Waals surface area (Å²) in [6.45, 7) is 7.11. The number of amides is 1. The molecule has 0 spiro atoms. The van der Waals surface area contributed by atoms with E-state index in [2.05, 4.69) is 21.9 Å². The van der Waals surface area contributed by atoms with Crippen LogP contribution in [-0.4, -0.2) is 64.8 Å². The number of carbonyl (C=O) groups excluding carboxylic acids is 1. The molecule has 1 aromatic heterocycles. The molecule has 0 bridgehead atoms. The minimum Gasteiger partial charge on any atom is -0.335 e. The molecular weight excluding hydrogens is 450 g/mol. The average molecular weight is 480 g/mol. The first-order valence-corrected chi connectivity index (χ1v) is 11.4. The zero-order chi connectivity index (χ0) is 24.5. The molecule has 34 heavy (non-hydrogen) atoms. The van der Waals surface area contributed by atoms with Crippen LogP contribution in [0.1, 0.15) is 39.3 Å². The maximum atomic E-state index is 14.2. The third-order valence-corrected chi connectivity index (χ3v) is 6.60. The van der Waals surface area contributed by atoms with Crippen molar-refractivity contribution < 1.29 is 22.4 Å². The summed E-state index contributed by atoms with van der Waals surface area (Å²) in [5, 5.41) is 7.80. The Morgan fingerprint density at radius 2 is 2.00 bits per heavy atom. The van der Waals surface area contributed by atoms with Gasteiger partial charge in [-0.05, 0) is 44.5 Å². The van der Waals surface area contributed by atoms with Crippen molar-refractivity contribution in [3.05, 3.63) is 64.7 Å². The fourth-order valence-corrected chi connectivity index (χ4v) is 4.61. The van der Waals surface area contributed by atoms with Gasteiger partial charge >= 0.3 is 6.18 Å². The molecular formula is C24H29F4N5O. The standard InChI is InChI=1S/C24H29F4N5O/c1-3-8-33-21-7-5-18(29-15-16-13-17(24(26,27)28)4-6-20(16)25)14-19(21)22(30-33)23(34)32-11-9-31(2)10-12-32/h3-4,6,13,18,29H,1,5,7-12,14-15H2,2H3. The lowest BCUT2D eigenvalue weighted by molar-refractivity contribution is -0.137. The van der Waals surface area contributed by atoms with E-state index in [1.54, 1.807) is 6.08 Å². The lowest BCUT2D eigenvalue weighted by Crippen LogP contribution is -2.47. The average Bonchev–Trinajstić information content (AvgIpc) is 3.16. The highest BCUT2D eigenvalue weighted by Gasteiger charge is 2.33. The number of rotatable bonds is 6. The number of hydrogen-bond acceptors (Lipinski definition) is 4. The van der Waals surface area contributed by atoms with Gasteiger partial charge in [0.05, 0.1) is 12.1 Å². The Kier molecular flexibility index (Phi) is 7.09. The SMILES string of the molecule is C=CCn1nc(C(=O)N2CCN(C)CC2)c2c1CCC(NCc1cc(C(F)(F)F)ccc1F)C2. The fourth-order valence-electron chi connectivity index (χ4n) is 4.61. The molecule has 2 aliphatic rings. The fraction of sp³-hybridized carbons (Fsp3) is 0.500. The number of nitrogens with zero attached hydrogens (tertiary/aromatic N) is 4. The summed E-state index contributed by atoms with van der Waals surface area (Å²) in [6, 6.07) is 2.34. The second kappa shape index (κ2) is 9.87. The van der Waals surface area contributed by atoms with Crippen LogP contribution < -0.4 is 5.32 Å². The molecule has 0 radical (unpaired) electrons. The van der Waals surface area contributed by atoms with Gasteiger partial charge in [-0.15, -0.1) is 6.58 Å². The monoisotopic (exact) mass is 479 g/mol. The number of fused-ring (bicyclic) bond motifs is 1. The van der Waals surface area contributed by atoms with Crippen LogP contribution >= 0.6 is 0 Å². The van der Waals surface area contributed by atoms with Gasteiger partial charge in [0.2, 0.25) is 0 Å². The Balaban J connectivity index is 1.51. The van der Waals surface area contributed by atoms with Gasteiger partial charge in [-0.3, -0.25) is 9.48 Å². The summed E-state index contributed by atoms with van der Waals surface area (Å²) in [4.78, 5) is 17.3. The Morgan fingerprint density at radius 3 is 2.68 bits per heavy atom. The van der Waals surface area contributed by atoms with E-state index in [0.29, 0.717) is 44.6 Å². The molecule has 1 amide bonds. The van der Waals surface area contributed by atoms with Gasteiger partial charge in [-0.25, -0.2) is 4.39 Å². The molecule has 1 aliphatic carbocycles. The Morgan fingerprint density at radius 1 is 1.26 bits per heavy atom. The van der Waals surface area contributed by atoms with Gasteiger partial charge < -0.3 is 15.1 Å². The number of benzene rings is 1. The number of carbonyl (C=O) groups is 1. The number of alkyl halides is 3. The first-order valence-electron chi connectivity index (χ1n) is 11.4. The van der Waals surface area contributed by atoms with E-state index >= 15 is 0 Å². The number of likely N-dealkylation sites (N-methyl/N-ethyl adjacent to an activating group) is 1. The normalized spacial score (nSPS) is 19.2. The van der Waals surface area contributed by atoms with Crippen molar-refractivity contribution in [2.75, 3.05) is 33.2 Å². The number of allylic oxidation sites excluding steroid dienone is 1. The van der Waals surface area contributed by atoms with Crippen molar-refractivity contribution in [1.82, 2.24) is 24.9 Å². The quantitative estimate of drug-likeness (QED) is 0.511. The predicted molar refractivity (Wildman–Crippen MR) is 120 cm³/mol. The van der Waals surface area contributed by atoms with E-state index in [1.807, 2.05) is 16.6 Å². The first kappa shape index (κ1) is 24.4. The molecule has 1 atom stereocenters. The van der Waals surface area contributed by atoms with Gasteiger partial charge in [0, 0.05) is 55.6 Å². The number of nitrogens with one attached hydrogen (secondary N) is 1. The Hall–Kier alpha value is -2.72. The highest BCUT2D eigenvalue weighted by Crippen LogP contribution is 2.31. The second-order valence-electron chi connectivity index (χ2n) is 8.96. The van der Waals surface area contributed by atoms with Gasteiger partial charge in [-0.2, -0.15) is 18.3 Å². The molecule has 0 saturated carbocycles. The van der Waals surface area contributed by atoms with Crippen molar-refractivity contribution in [3.63, 3.8) is 0 Å². The van der Waals surface area contributed by atoms with Gasteiger partial charge in [0.25, 0.3) is 5.91 Å². The zero-order valence-corrected chi connectivity index (χ0v) is 19.2. The molecule has 1 N–H and O–H groups in total. The number of halogens is 4. The van der Waals surface area contributed by atoms with E-state index in [-0.39, 0.29) is 24.1 Å². The smallest absolute Gasteiger partial charge is 0.335 e. The lowest BCUT2D eigenvalue weighted by Gasteiger charge is -2.32. The van der Waals surface area contributed by atoms with Crippen LogP contribution in [0.3, 0.4) is 0 Å². The van der Waals surface area contributed by atoms with Crippen molar-refractivity contribution in [3.8, 4) is 0 Å². The largest absolute Gasteiger partial charge is 0.416 e. The summed E-state index contributed by atoms with van der Waals surface area (Å²) in [6.07, 6.45) is -0.923. The van der Waals surface area contributed by atoms with Crippen LogP contribution in [0.2, 0.25) is 0 Å².